The number of amides is 1. The van der Waals surface area contributed by atoms with Crippen LogP contribution in [0.1, 0.15) is 45.4 Å². The Morgan fingerprint density at radius 1 is 1.20 bits per heavy atom. The van der Waals surface area contributed by atoms with Crippen molar-refractivity contribution >= 4 is 5.91 Å². The Morgan fingerprint density at radius 2 is 1.88 bits per heavy atom. The first-order valence-electron chi connectivity index (χ1n) is 9.06. The molecule has 0 bridgehead atoms. The first kappa shape index (κ1) is 17.6. The lowest BCUT2D eigenvalue weighted by Crippen LogP contribution is -2.49. The van der Waals surface area contributed by atoms with Gasteiger partial charge in [0.25, 0.3) is 0 Å². The predicted octanol–water partition coefficient (Wildman–Crippen LogP) is 2.56. The van der Waals surface area contributed by atoms with Gasteiger partial charge in [0.2, 0.25) is 5.91 Å². The Balaban J connectivity index is 1.58. The second kappa shape index (κ2) is 7.78. The zero-order valence-electron chi connectivity index (χ0n) is 15.2. The van der Waals surface area contributed by atoms with Gasteiger partial charge in [-0.15, -0.1) is 0 Å². The number of H-pyrrole nitrogens is 1. The van der Waals surface area contributed by atoms with Crippen molar-refractivity contribution in [2.75, 3.05) is 13.1 Å². The second-order valence-electron chi connectivity index (χ2n) is 7.06. The van der Waals surface area contributed by atoms with Gasteiger partial charge in [-0.2, -0.15) is 5.10 Å². The molecule has 25 heavy (non-hydrogen) atoms. The molecule has 0 saturated carbocycles. The lowest BCUT2D eigenvalue weighted by Gasteiger charge is -2.34. The molecule has 2 N–H and O–H groups in total. The molecule has 1 aromatic carbocycles. The highest BCUT2D eigenvalue weighted by Crippen LogP contribution is 2.27. The maximum Gasteiger partial charge on any atom is 0.237 e. The van der Waals surface area contributed by atoms with Gasteiger partial charge in [0, 0.05) is 17.5 Å². The van der Waals surface area contributed by atoms with Crippen molar-refractivity contribution < 1.29 is 4.79 Å². The van der Waals surface area contributed by atoms with E-state index in [1.165, 1.54) is 0 Å². The molecule has 2 aromatic rings. The van der Waals surface area contributed by atoms with Crippen LogP contribution in [0, 0.1) is 0 Å². The van der Waals surface area contributed by atoms with Crippen molar-refractivity contribution in [3.8, 4) is 11.4 Å². The minimum Gasteiger partial charge on any atom is -0.353 e. The fraction of sp³-hybridized carbons (Fsp3) is 0.526. The molecule has 3 rings (SSSR count). The van der Waals surface area contributed by atoms with Crippen molar-refractivity contribution in [3.63, 3.8) is 0 Å². The van der Waals surface area contributed by atoms with Crippen molar-refractivity contribution in [2.45, 2.75) is 51.6 Å². The highest BCUT2D eigenvalue weighted by molar-refractivity contribution is 5.81. The highest BCUT2D eigenvalue weighted by Gasteiger charge is 2.28. The number of nitrogens with zero attached hydrogens (tertiary/aromatic N) is 3. The van der Waals surface area contributed by atoms with Crippen LogP contribution >= 0.6 is 0 Å². The number of hydrogen-bond acceptors (Lipinski definition) is 4. The largest absolute Gasteiger partial charge is 0.353 e. The fourth-order valence-corrected chi connectivity index (χ4v) is 3.30. The minimum absolute atomic E-state index is 0.0852. The van der Waals surface area contributed by atoms with Crippen LogP contribution in [0.4, 0.5) is 0 Å². The highest BCUT2D eigenvalue weighted by atomic mass is 16.2. The van der Waals surface area contributed by atoms with Gasteiger partial charge in [-0.05, 0) is 46.7 Å². The van der Waals surface area contributed by atoms with Crippen LogP contribution in [0.5, 0.6) is 0 Å². The zero-order valence-corrected chi connectivity index (χ0v) is 15.2. The van der Waals surface area contributed by atoms with E-state index in [0.29, 0.717) is 5.92 Å². The van der Waals surface area contributed by atoms with E-state index in [4.69, 9.17) is 0 Å². The van der Waals surface area contributed by atoms with Crippen LogP contribution in [0.25, 0.3) is 11.4 Å². The van der Waals surface area contributed by atoms with Crippen LogP contribution < -0.4 is 5.32 Å². The Hall–Kier alpha value is -2.21. The summed E-state index contributed by atoms with van der Waals surface area (Å²) in [7, 11) is 0. The quantitative estimate of drug-likeness (QED) is 0.876. The first-order valence-corrected chi connectivity index (χ1v) is 9.06. The molecule has 0 aliphatic carbocycles. The normalized spacial score (nSPS) is 17.6. The predicted molar refractivity (Wildman–Crippen MR) is 98.1 cm³/mol. The third-order valence-corrected chi connectivity index (χ3v) is 4.81. The summed E-state index contributed by atoms with van der Waals surface area (Å²) < 4.78 is 0. The fourth-order valence-electron chi connectivity index (χ4n) is 3.30. The van der Waals surface area contributed by atoms with Gasteiger partial charge >= 0.3 is 0 Å². The van der Waals surface area contributed by atoms with E-state index < -0.39 is 0 Å². The Kier molecular flexibility index (Phi) is 5.48. The molecule has 6 nitrogen and oxygen atoms in total. The summed E-state index contributed by atoms with van der Waals surface area (Å²) in [5, 5.41) is 10.5. The molecule has 1 aromatic heterocycles. The summed E-state index contributed by atoms with van der Waals surface area (Å²) in [6.07, 6.45) is 1.98. The number of likely N-dealkylation sites (tertiary alicyclic amines) is 1. The molecule has 1 aliphatic heterocycles. The van der Waals surface area contributed by atoms with Crippen molar-refractivity contribution in [2.24, 2.45) is 0 Å². The van der Waals surface area contributed by atoms with E-state index in [1.54, 1.807) is 0 Å². The lowest BCUT2D eigenvalue weighted by molar-refractivity contribution is -0.126. The monoisotopic (exact) mass is 341 g/mol. The maximum absolute atomic E-state index is 12.2. The molecule has 0 unspecified atom stereocenters. The molecule has 2 heterocycles. The minimum atomic E-state index is -0.0852. The van der Waals surface area contributed by atoms with Crippen LogP contribution in [-0.4, -0.2) is 51.2 Å². The average Bonchev–Trinajstić information content (AvgIpc) is 3.11. The summed E-state index contributed by atoms with van der Waals surface area (Å²) >= 11 is 0. The second-order valence-corrected chi connectivity index (χ2v) is 7.06. The summed E-state index contributed by atoms with van der Waals surface area (Å²) in [5.74, 6) is 2.20. The number of hydrogen-bond donors (Lipinski definition) is 2. The van der Waals surface area contributed by atoms with Crippen molar-refractivity contribution in [3.05, 3.63) is 36.2 Å². The van der Waals surface area contributed by atoms with Gasteiger partial charge in [0.15, 0.2) is 5.82 Å². The number of benzene rings is 1. The molecule has 1 fully saturated rings. The van der Waals surface area contributed by atoms with Gasteiger partial charge in [0.05, 0.1) is 6.04 Å². The van der Waals surface area contributed by atoms with E-state index in [0.717, 1.165) is 43.1 Å². The van der Waals surface area contributed by atoms with Crippen LogP contribution in [0.15, 0.2) is 30.3 Å². The topological polar surface area (TPSA) is 73.9 Å². The molecule has 1 saturated heterocycles. The van der Waals surface area contributed by atoms with Crippen LogP contribution in [-0.2, 0) is 4.79 Å². The standard InChI is InChI=1S/C19H27N5O/c1-13(2)20-19(25)14(3)24-11-9-16(10-12-24)18-21-17(22-23-18)15-7-5-4-6-8-15/h4-8,13-14,16H,9-12H2,1-3H3,(H,20,25)(H,21,22,23)/t14-/m1/s1. The summed E-state index contributed by atoms with van der Waals surface area (Å²) in [5.41, 5.74) is 1.03. The molecular weight excluding hydrogens is 314 g/mol. The lowest BCUT2D eigenvalue weighted by atomic mass is 9.95. The molecule has 134 valence electrons. The Labute approximate surface area is 149 Å². The van der Waals surface area contributed by atoms with E-state index >= 15 is 0 Å². The van der Waals surface area contributed by atoms with Crippen LogP contribution in [0.3, 0.4) is 0 Å². The summed E-state index contributed by atoms with van der Waals surface area (Å²) in [6.45, 7) is 7.77. The SMILES string of the molecule is CC(C)NC(=O)[C@@H](C)N1CCC(c2nc(-c3ccccc3)n[nH]2)CC1. The molecule has 1 amide bonds. The number of carbonyl (C=O) groups is 1. The smallest absolute Gasteiger partial charge is 0.237 e. The maximum atomic E-state index is 12.2. The van der Waals surface area contributed by atoms with E-state index in [2.05, 4.69) is 25.4 Å². The van der Waals surface area contributed by atoms with Gasteiger partial charge in [-0.3, -0.25) is 14.8 Å². The third-order valence-electron chi connectivity index (χ3n) is 4.81. The number of nitrogens with one attached hydrogen (secondary N) is 2. The molecule has 1 atom stereocenters. The zero-order chi connectivity index (χ0) is 17.8. The van der Waals surface area contributed by atoms with Gasteiger partial charge in [-0.1, -0.05) is 30.3 Å². The number of aromatic nitrogens is 3. The number of aromatic amines is 1. The van der Waals surface area contributed by atoms with E-state index in [9.17, 15) is 4.79 Å². The Bertz CT molecular complexity index is 689. The van der Waals surface area contributed by atoms with Crippen molar-refractivity contribution in [1.82, 2.24) is 25.4 Å². The molecule has 1 aliphatic rings. The van der Waals surface area contributed by atoms with Gasteiger partial charge in [0.1, 0.15) is 5.82 Å². The number of rotatable bonds is 5. The summed E-state index contributed by atoms with van der Waals surface area (Å²) in [4.78, 5) is 19.1. The van der Waals surface area contributed by atoms with Gasteiger partial charge in [-0.25, -0.2) is 4.98 Å². The molecular formula is C19H27N5O. The Morgan fingerprint density at radius 3 is 2.52 bits per heavy atom. The first-order chi connectivity index (χ1) is 12.0. The van der Waals surface area contributed by atoms with Crippen LogP contribution in [0.2, 0.25) is 0 Å². The summed E-state index contributed by atoms with van der Waals surface area (Å²) in [6, 6.07) is 10.1. The molecule has 6 heteroatoms. The molecule has 0 spiro atoms. The van der Waals surface area contributed by atoms with E-state index in [-0.39, 0.29) is 18.0 Å². The molecule has 0 radical (unpaired) electrons. The van der Waals surface area contributed by atoms with E-state index in [1.807, 2.05) is 51.1 Å². The van der Waals surface area contributed by atoms with Crippen molar-refractivity contribution in [1.29, 1.82) is 0 Å². The number of piperidine rings is 1. The third kappa shape index (κ3) is 4.25. The number of carbonyl (C=O) groups excluding carboxylic acids is 1. The van der Waals surface area contributed by atoms with Gasteiger partial charge < -0.3 is 5.32 Å². The average molecular weight is 341 g/mol.